The van der Waals surface area contributed by atoms with Crippen LogP contribution in [0.5, 0.6) is 0 Å². The molecule has 0 aromatic heterocycles. The van der Waals surface area contributed by atoms with Crippen molar-refractivity contribution in [3.63, 3.8) is 0 Å². The monoisotopic (exact) mass is 285 g/mol. The molecule has 106 valence electrons. The molecule has 0 heterocycles. The molecule has 0 radical (unpaired) electrons. The van der Waals surface area contributed by atoms with Gasteiger partial charge in [-0.1, -0.05) is 0 Å². The molecule has 1 rings (SSSR count). The van der Waals surface area contributed by atoms with Gasteiger partial charge in [-0.15, -0.1) is 0 Å². The molecule has 0 saturated heterocycles. The van der Waals surface area contributed by atoms with Crippen LogP contribution in [-0.4, -0.2) is 31.9 Å². The largest absolute Gasteiger partial charge is 0.399 e. The molecule has 0 bridgehead atoms. The number of carbonyl (C=O) groups excluding carboxylic acids is 1. The molecule has 0 saturated carbocycles. The standard InChI is InChI=1S/C12H19N3O3S/c1-12(2,19(3,17)18)7-15-11(16)9-5-4-8(13)6-10(9)14/h4-6H,7,13-14H2,1-3H3,(H,15,16). The molecule has 6 nitrogen and oxygen atoms in total. The lowest BCUT2D eigenvalue weighted by atomic mass is 10.1. The predicted octanol–water partition coefficient (Wildman–Crippen LogP) is 0.404. The van der Waals surface area contributed by atoms with Gasteiger partial charge in [0, 0.05) is 24.2 Å². The second kappa shape index (κ2) is 5.08. The third-order valence-corrected chi connectivity index (χ3v) is 5.15. The minimum absolute atomic E-state index is 0.00842. The van der Waals surface area contributed by atoms with Crippen molar-refractivity contribution in [2.24, 2.45) is 0 Å². The maximum absolute atomic E-state index is 11.9. The summed E-state index contributed by atoms with van der Waals surface area (Å²) in [4.78, 5) is 11.9. The minimum atomic E-state index is -3.26. The predicted molar refractivity (Wildman–Crippen MR) is 76.5 cm³/mol. The number of nitrogens with one attached hydrogen (secondary N) is 1. The maximum Gasteiger partial charge on any atom is 0.253 e. The second-order valence-corrected chi connectivity index (χ2v) is 7.71. The lowest BCUT2D eigenvalue weighted by molar-refractivity contribution is 0.0951. The molecular formula is C12H19N3O3S. The van der Waals surface area contributed by atoms with Crippen LogP contribution in [0, 0.1) is 0 Å². The Kier molecular flexibility index (Phi) is 4.09. The molecule has 7 heteroatoms. The quantitative estimate of drug-likeness (QED) is 0.693. The highest BCUT2D eigenvalue weighted by molar-refractivity contribution is 7.92. The summed E-state index contributed by atoms with van der Waals surface area (Å²) in [6.45, 7) is 3.11. The summed E-state index contributed by atoms with van der Waals surface area (Å²) in [6, 6.07) is 4.55. The van der Waals surface area contributed by atoms with Crippen molar-refractivity contribution >= 4 is 27.1 Å². The van der Waals surface area contributed by atoms with E-state index in [2.05, 4.69) is 5.32 Å². The Bertz CT molecular complexity index is 594. The summed E-state index contributed by atoms with van der Waals surface area (Å²) in [5.41, 5.74) is 12.2. The fourth-order valence-electron chi connectivity index (χ4n) is 1.31. The number of hydrogen-bond donors (Lipinski definition) is 3. The van der Waals surface area contributed by atoms with E-state index in [9.17, 15) is 13.2 Å². The van der Waals surface area contributed by atoms with Gasteiger partial charge in [0.2, 0.25) is 0 Å². The van der Waals surface area contributed by atoms with Crippen LogP contribution < -0.4 is 16.8 Å². The highest BCUT2D eigenvalue weighted by Crippen LogP contribution is 2.17. The Morgan fingerprint density at radius 2 is 1.89 bits per heavy atom. The molecule has 0 fully saturated rings. The van der Waals surface area contributed by atoms with Gasteiger partial charge in [-0.05, 0) is 32.0 Å². The number of nitrogen functional groups attached to an aromatic ring is 2. The van der Waals surface area contributed by atoms with Crippen LogP contribution in [0.3, 0.4) is 0 Å². The van der Waals surface area contributed by atoms with Gasteiger partial charge in [0.05, 0.1) is 10.3 Å². The number of carbonyl (C=O) groups is 1. The van der Waals surface area contributed by atoms with Gasteiger partial charge in [-0.2, -0.15) is 0 Å². The first-order valence-corrected chi connectivity index (χ1v) is 7.56. The molecule has 0 spiro atoms. The van der Waals surface area contributed by atoms with Crippen LogP contribution in [0.2, 0.25) is 0 Å². The van der Waals surface area contributed by atoms with E-state index >= 15 is 0 Å². The van der Waals surface area contributed by atoms with Crippen molar-refractivity contribution in [1.82, 2.24) is 5.32 Å². The second-order valence-electron chi connectivity index (χ2n) is 5.06. The summed E-state index contributed by atoms with van der Waals surface area (Å²) in [7, 11) is -3.26. The van der Waals surface area contributed by atoms with E-state index in [1.807, 2.05) is 0 Å². The number of rotatable bonds is 4. The van der Waals surface area contributed by atoms with Crippen LogP contribution in [0.25, 0.3) is 0 Å². The Morgan fingerprint density at radius 1 is 1.32 bits per heavy atom. The van der Waals surface area contributed by atoms with Crippen molar-refractivity contribution in [3.8, 4) is 0 Å². The zero-order valence-electron chi connectivity index (χ0n) is 11.2. The van der Waals surface area contributed by atoms with Gasteiger partial charge >= 0.3 is 0 Å². The highest BCUT2D eigenvalue weighted by atomic mass is 32.2. The number of amides is 1. The van der Waals surface area contributed by atoms with Crippen molar-refractivity contribution in [3.05, 3.63) is 23.8 Å². The molecule has 0 aliphatic carbocycles. The van der Waals surface area contributed by atoms with Crippen molar-refractivity contribution < 1.29 is 13.2 Å². The van der Waals surface area contributed by atoms with Gasteiger partial charge in [-0.3, -0.25) is 4.79 Å². The fourth-order valence-corrected chi connectivity index (χ4v) is 1.64. The van der Waals surface area contributed by atoms with E-state index in [1.54, 1.807) is 19.9 Å². The highest BCUT2D eigenvalue weighted by Gasteiger charge is 2.30. The third-order valence-electron chi connectivity index (χ3n) is 3.00. The Hall–Kier alpha value is -1.76. The molecule has 0 unspecified atom stereocenters. The third kappa shape index (κ3) is 3.60. The SMILES string of the molecule is CC(C)(CNC(=O)c1ccc(N)cc1N)S(C)(=O)=O. The lowest BCUT2D eigenvalue weighted by Crippen LogP contribution is -2.43. The zero-order valence-corrected chi connectivity index (χ0v) is 12.0. The number of hydrogen-bond acceptors (Lipinski definition) is 5. The topological polar surface area (TPSA) is 115 Å². The fraction of sp³-hybridized carbons (Fsp3) is 0.417. The maximum atomic E-state index is 11.9. The summed E-state index contributed by atoms with van der Waals surface area (Å²) in [5, 5.41) is 2.57. The first kappa shape index (κ1) is 15.3. The van der Waals surface area contributed by atoms with Crippen molar-refractivity contribution in [2.75, 3.05) is 24.3 Å². The van der Waals surface area contributed by atoms with Crippen LogP contribution in [0.1, 0.15) is 24.2 Å². The molecule has 0 atom stereocenters. The van der Waals surface area contributed by atoms with Crippen LogP contribution in [0.4, 0.5) is 11.4 Å². The smallest absolute Gasteiger partial charge is 0.253 e. The van der Waals surface area contributed by atoms with Crippen molar-refractivity contribution in [2.45, 2.75) is 18.6 Å². The zero-order chi connectivity index (χ0) is 14.8. The van der Waals surface area contributed by atoms with Crippen LogP contribution >= 0.6 is 0 Å². The minimum Gasteiger partial charge on any atom is -0.399 e. The normalized spacial score (nSPS) is 12.2. The lowest BCUT2D eigenvalue weighted by Gasteiger charge is -2.22. The van der Waals surface area contributed by atoms with Gasteiger partial charge in [-0.25, -0.2) is 8.42 Å². The van der Waals surface area contributed by atoms with Gasteiger partial charge in [0.25, 0.3) is 5.91 Å². The number of anilines is 2. The number of sulfone groups is 1. The molecular weight excluding hydrogens is 266 g/mol. The summed E-state index contributed by atoms with van der Waals surface area (Å²) in [6.07, 6.45) is 1.14. The molecule has 1 amide bonds. The van der Waals surface area contributed by atoms with E-state index in [-0.39, 0.29) is 17.8 Å². The van der Waals surface area contributed by atoms with Gasteiger partial charge < -0.3 is 16.8 Å². The number of benzene rings is 1. The molecule has 1 aromatic rings. The van der Waals surface area contributed by atoms with E-state index < -0.39 is 20.5 Å². The van der Waals surface area contributed by atoms with E-state index in [4.69, 9.17) is 11.5 Å². The van der Waals surface area contributed by atoms with Crippen LogP contribution in [-0.2, 0) is 9.84 Å². The van der Waals surface area contributed by atoms with E-state index in [0.717, 1.165) is 6.26 Å². The van der Waals surface area contributed by atoms with Crippen molar-refractivity contribution in [1.29, 1.82) is 0 Å². The molecule has 5 N–H and O–H groups in total. The van der Waals surface area contributed by atoms with Gasteiger partial charge in [0.15, 0.2) is 9.84 Å². The number of nitrogens with two attached hydrogens (primary N) is 2. The molecule has 0 aliphatic heterocycles. The Labute approximate surface area is 113 Å². The van der Waals surface area contributed by atoms with Crippen LogP contribution in [0.15, 0.2) is 18.2 Å². The molecule has 1 aromatic carbocycles. The Morgan fingerprint density at radius 3 is 2.37 bits per heavy atom. The average Bonchev–Trinajstić information content (AvgIpc) is 2.24. The Balaban J connectivity index is 2.82. The van der Waals surface area contributed by atoms with Gasteiger partial charge in [0.1, 0.15) is 0 Å². The summed E-state index contributed by atoms with van der Waals surface area (Å²) in [5.74, 6) is -0.422. The molecule has 19 heavy (non-hydrogen) atoms. The summed E-state index contributed by atoms with van der Waals surface area (Å²) < 4.78 is 22.0. The first-order valence-electron chi connectivity index (χ1n) is 5.67. The average molecular weight is 285 g/mol. The van der Waals surface area contributed by atoms with E-state index in [1.165, 1.54) is 12.1 Å². The van der Waals surface area contributed by atoms with E-state index in [0.29, 0.717) is 5.69 Å². The molecule has 0 aliphatic rings. The first-order chi connectivity index (χ1) is 8.54. The summed E-state index contributed by atoms with van der Waals surface area (Å²) >= 11 is 0.